The van der Waals surface area contributed by atoms with Crippen molar-refractivity contribution < 1.29 is 14.3 Å². The van der Waals surface area contributed by atoms with Gasteiger partial charge in [-0.3, -0.25) is 0 Å². The Bertz CT molecular complexity index is 1070. The van der Waals surface area contributed by atoms with E-state index < -0.39 is 0 Å². The number of benzene rings is 1. The fourth-order valence-electron chi connectivity index (χ4n) is 3.16. The minimum atomic E-state index is -0.237. The van der Waals surface area contributed by atoms with Crippen LogP contribution in [0.1, 0.15) is 28.6 Å². The summed E-state index contributed by atoms with van der Waals surface area (Å²) in [4.78, 5) is 8.88. The second-order valence-electron chi connectivity index (χ2n) is 5.66. The third-order valence-corrected chi connectivity index (χ3v) is 4.12. The van der Waals surface area contributed by atoms with Crippen molar-refractivity contribution in [2.45, 2.75) is 12.8 Å². The maximum atomic E-state index is 9.78. The largest absolute Gasteiger partial charge is 0.508 e. The van der Waals surface area contributed by atoms with Crippen LogP contribution in [0.5, 0.6) is 17.4 Å². The van der Waals surface area contributed by atoms with Gasteiger partial charge in [-0.05, 0) is 25.1 Å². The summed E-state index contributed by atoms with van der Waals surface area (Å²) in [7, 11) is 0. The molecule has 0 saturated heterocycles. The monoisotopic (exact) mass is 320 g/mol. The number of aromatic nitrogens is 4. The summed E-state index contributed by atoms with van der Waals surface area (Å²) in [5, 5.41) is 14.1. The molecule has 1 aliphatic rings. The Hall–Kier alpha value is -3.35. The summed E-state index contributed by atoms with van der Waals surface area (Å²) >= 11 is 0. The van der Waals surface area contributed by atoms with Crippen LogP contribution in [0.25, 0.3) is 5.65 Å². The minimum absolute atomic E-state index is 0.134. The SMILES string of the molecule is Cc1nc2c3c(ncn2n1)Oc1cc(O)ccc1C3c1ccco1. The van der Waals surface area contributed by atoms with Gasteiger partial charge in [0.15, 0.2) is 5.65 Å². The predicted octanol–water partition coefficient (Wildman–Crippen LogP) is 3.02. The highest BCUT2D eigenvalue weighted by Crippen LogP contribution is 2.48. The van der Waals surface area contributed by atoms with Gasteiger partial charge in [0.1, 0.15) is 29.4 Å². The summed E-state index contributed by atoms with van der Waals surface area (Å²) in [6, 6.07) is 8.78. The molecule has 4 heterocycles. The van der Waals surface area contributed by atoms with E-state index in [1.807, 2.05) is 25.1 Å². The molecule has 0 saturated carbocycles. The summed E-state index contributed by atoms with van der Waals surface area (Å²) in [5.41, 5.74) is 2.36. The minimum Gasteiger partial charge on any atom is -0.508 e. The number of hydrogen-bond donors (Lipinski definition) is 1. The Morgan fingerprint density at radius 2 is 2.17 bits per heavy atom. The first-order chi connectivity index (χ1) is 11.7. The molecule has 0 amide bonds. The maximum absolute atomic E-state index is 9.78. The number of ether oxygens (including phenoxy) is 1. The zero-order chi connectivity index (χ0) is 16.3. The van der Waals surface area contributed by atoms with E-state index >= 15 is 0 Å². The van der Waals surface area contributed by atoms with Crippen molar-refractivity contribution in [2.24, 2.45) is 0 Å². The van der Waals surface area contributed by atoms with Crippen molar-refractivity contribution in [2.75, 3.05) is 0 Å². The molecule has 1 N–H and O–H groups in total. The van der Waals surface area contributed by atoms with Crippen molar-refractivity contribution >= 4 is 5.65 Å². The third kappa shape index (κ3) is 1.75. The Morgan fingerprint density at radius 3 is 3.00 bits per heavy atom. The molecule has 0 bridgehead atoms. The quantitative estimate of drug-likeness (QED) is 0.511. The summed E-state index contributed by atoms with van der Waals surface area (Å²) in [6.07, 6.45) is 3.20. The molecule has 0 radical (unpaired) electrons. The van der Waals surface area contributed by atoms with Crippen molar-refractivity contribution in [3.63, 3.8) is 0 Å². The van der Waals surface area contributed by atoms with E-state index in [0.717, 1.165) is 16.9 Å². The van der Waals surface area contributed by atoms with E-state index in [0.29, 0.717) is 23.1 Å². The molecule has 1 aromatic carbocycles. The van der Waals surface area contributed by atoms with E-state index in [-0.39, 0.29) is 11.7 Å². The molecule has 7 heteroatoms. The van der Waals surface area contributed by atoms with Crippen molar-refractivity contribution in [3.05, 3.63) is 65.6 Å². The number of aryl methyl sites for hydroxylation is 1. The molecule has 0 fully saturated rings. The van der Waals surface area contributed by atoms with Crippen LogP contribution in [-0.2, 0) is 0 Å². The van der Waals surface area contributed by atoms with Gasteiger partial charge in [-0.1, -0.05) is 6.07 Å². The van der Waals surface area contributed by atoms with Crippen LogP contribution < -0.4 is 4.74 Å². The predicted molar refractivity (Wildman–Crippen MR) is 83.4 cm³/mol. The van der Waals surface area contributed by atoms with Gasteiger partial charge in [0.05, 0.1) is 17.7 Å². The number of furan rings is 1. The highest BCUT2D eigenvalue weighted by atomic mass is 16.5. The van der Waals surface area contributed by atoms with Gasteiger partial charge in [-0.25, -0.2) is 14.5 Å². The first-order valence-corrected chi connectivity index (χ1v) is 7.47. The Labute approximate surface area is 136 Å². The third-order valence-electron chi connectivity index (χ3n) is 4.12. The average Bonchev–Trinajstić information content (AvgIpc) is 3.20. The number of hydrogen-bond acceptors (Lipinski definition) is 6. The number of phenolic OH excluding ortho intramolecular Hbond substituents is 1. The molecule has 1 atom stereocenters. The van der Waals surface area contributed by atoms with Gasteiger partial charge in [0.25, 0.3) is 0 Å². The number of rotatable bonds is 1. The van der Waals surface area contributed by atoms with Gasteiger partial charge in [0.2, 0.25) is 5.88 Å². The lowest BCUT2D eigenvalue weighted by molar-refractivity contribution is 0.409. The van der Waals surface area contributed by atoms with Crippen LogP contribution in [0.2, 0.25) is 0 Å². The van der Waals surface area contributed by atoms with E-state index in [9.17, 15) is 5.11 Å². The number of phenols is 1. The molecule has 1 unspecified atom stereocenters. The molecular formula is C17H12N4O3. The molecule has 1 aliphatic heterocycles. The van der Waals surface area contributed by atoms with Crippen LogP contribution in [0, 0.1) is 6.92 Å². The first-order valence-electron chi connectivity index (χ1n) is 7.47. The molecular weight excluding hydrogens is 308 g/mol. The number of aromatic hydroxyl groups is 1. The zero-order valence-electron chi connectivity index (χ0n) is 12.7. The van der Waals surface area contributed by atoms with Gasteiger partial charge < -0.3 is 14.3 Å². The summed E-state index contributed by atoms with van der Waals surface area (Å²) in [6.45, 7) is 1.83. The van der Waals surface area contributed by atoms with Gasteiger partial charge in [-0.2, -0.15) is 5.10 Å². The van der Waals surface area contributed by atoms with Crippen molar-refractivity contribution in [3.8, 4) is 17.4 Å². The number of nitrogens with zero attached hydrogens (tertiary/aromatic N) is 4. The van der Waals surface area contributed by atoms with Crippen LogP contribution in [0.3, 0.4) is 0 Å². The Kier molecular flexibility index (Phi) is 2.50. The van der Waals surface area contributed by atoms with E-state index in [1.165, 1.54) is 0 Å². The highest BCUT2D eigenvalue weighted by molar-refractivity contribution is 5.65. The van der Waals surface area contributed by atoms with Crippen molar-refractivity contribution in [1.29, 1.82) is 0 Å². The van der Waals surface area contributed by atoms with Gasteiger partial charge in [-0.15, -0.1) is 0 Å². The summed E-state index contributed by atoms with van der Waals surface area (Å²) < 4.78 is 13.2. The molecule has 7 nitrogen and oxygen atoms in total. The second-order valence-corrected chi connectivity index (χ2v) is 5.66. The van der Waals surface area contributed by atoms with E-state index in [2.05, 4.69) is 15.1 Å². The average molecular weight is 320 g/mol. The normalized spacial score (nSPS) is 15.8. The highest BCUT2D eigenvalue weighted by Gasteiger charge is 2.34. The maximum Gasteiger partial charge on any atom is 0.228 e. The topological polar surface area (TPSA) is 85.7 Å². The lowest BCUT2D eigenvalue weighted by Crippen LogP contribution is -2.14. The smallest absolute Gasteiger partial charge is 0.228 e. The fourth-order valence-corrected chi connectivity index (χ4v) is 3.16. The molecule has 5 rings (SSSR count). The second kappa shape index (κ2) is 4.58. The molecule has 118 valence electrons. The molecule has 4 aromatic rings. The van der Waals surface area contributed by atoms with Gasteiger partial charge in [0, 0.05) is 11.6 Å². The molecule has 24 heavy (non-hydrogen) atoms. The van der Waals surface area contributed by atoms with Crippen LogP contribution >= 0.6 is 0 Å². The van der Waals surface area contributed by atoms with Crippen molar-refractivity contribution in [1.82, 2.24) is 19.6 Å². The Morgan fingerprint density at radius 1 is 1.25 bits per heavy atom. The zero-order valence-corrected chi connectivity index (χ0v) is 12.7. The van der Waals surface area contributed by atoms with E-state index in [1.54, 1.807) is 29.2 Å². The molecule has 0 aliphatic carbocycles. The standard InChI is InChI=1S/C17H12N4O3/c1-9-19-16-15-14(12-3-2-6-23-12)11-5-4-10(22)7-13(11)24-17(15)18-8-21(16)20-9/h2-8,14,22H,1H3. The fraction of sp³-hybridized carbons (Fsp3) is 0.118. The lowest BCUT2D eigenvalue weighted by Gasteiger charge is -2.26. The number of fused-ring (bicyclic) bond motifs is 4. The van der Waals surface area contributed by atoms with Crippen LogP contribution in [0.4, 0.5) is 0 Å². The summed E-state index contributed by atoms with van der Waals surface area (Å²) in [5.74, 6) is 2.29. The van der Waals surface area contributed by atoms with Gasteiger partial charge >= 0.3 is 0 Å². The van der Waals surface area contributed by atoms with E-state index in [4.69, 9.17) is 9.15 Å². The first kappa shape index (κ1) is 13.1. The van der Waals surface area contributed by atoms with Crippen LogP contribution in [-0.4, -0.2) is 24.7 Å². The Balaban J connectivity index is 1.86. The van der Waals surface area contributed by atoms with Crippen LogP contribution in [0.15, 0.2) is 47.3 Å². The lowest BCUT2D eigenvalue weighted by atomic mass is 9.87. The molecule has 0 spiro atoms. The molecule has 3 aromatic heterocycles.